The fourth-order valence-corrected chi connectivity index (χ4v) is 3.84. The van der Waals surface area contributed by atoms with E-state index >= 15 is 0 Å². The van der Waals surface area contributed by atoms with Gasteiger partial charge < -0.3 is 14.4 Å². The number of hydrogen-bond acceptors (Lipinski definition) is 5. The number of aryl methyl sites for hydroxylation is 1. The van der Waals surface area contributed by atoms with Crippen LogP contribution in [0.4, 0.5) is 11.4 Å². The van der Waals surface area contributed by atoms with Crippen molar-refractivity contribution in [1.82, 2.24) is 9.47 Å². The molecule has 2 aromatic carbocycles. The first-order chi connectivity index (χ1) is 14.0. The Bertz CT molecular complexity index is 1150. The molecule has 1 aliphatic rings. The molecule has 1 aliphatic heterocycles. The topological polar surface area (TPSA) is 88.7 Å². The molecule has 0 radical (unpaired) electrons. The average Bonchev–Trinajstić information content (AvgIpc) is 2.76. The van der Waals surface area contributed by atoms with Gasteiger partial charge in [0, 0.05) is 44.2 Å². The number of rotatable bonds is 3. The van der Waals surface area contributed by atoms with Crippen molar-refractivity contribution in [1.29, 1.82) is 0 Å². The largest absolute Gasteiger partial charge is 0.362 e. The number of piperazine rings is 1. The third-order valence-corrected chi connectivity index (χ3v) is 5.34. The van der Waals surface area contributed by atoms with E-state index in [0.29, 0.717) is 48.3 Å². The van der Waals surface area contributed by atoms with Gasteiger partial charge in [0.25, 0.3) is 5.91 Å². The number of carbonyl (C=O) groups excluding carboxylic acids is 1. The van der Waals surface area contributed by atoms with E-state index in [2.05, 4.69) is 0 Å². The van der Waals surface area contributed by atoms with E-state index in [0.717, 1.165) is 0 Å². The van der Waals surface area contributed by atoms with E-state index in [1.165, 1.54) is 11.6 Å². The summed E-state index contributed by atoms with van der Waals surface area (Å²) in [5.41, 5.74) is 0.535. The normalized spacial score (nSPS) is 14.2. The van der Waals surface area contributed by atoms with Crippen LogP contribution in [0.5, 0.6) is 0 Å². The Morgan fingerprint density at radius 3 is 2.24 bits per heavy atom. The molecule has 1 fully saturated rings. The van der Waals surface area contributed by atoms with Gasteiger partial charge in [-0.05, 0) is 18.2 Å². The monoisotopic (exact) mass is 392 g/mol. The van der Waals surface area contributed by atoms with Crippen molar-refractivity contribution in [3.8, 4) is 0 Å². The highest BCUT2D eigenvalue weighted by molar-refractivity contribution is 5.97. The Morgan fingerprint density at radius 1 is 0.966 bits per heavy atom. The summed E-state index contributed by atoms with van der Waals surface area (Å²) in [5, 5.41) is 12.4. The quantitative estimate of drug-likeness (QED) is 0.504. The highest BCUT2D eigenvalue weighted by atomic mass is 16.6. The van der Waals surface area contributed by atoms with Gasteiger partial charge in [0.15, 0.2) is 0 Å². The predicted molar refractivity (Wildman–Crippen MR) is 110 cm³/mol. The second-order valence-corrected chi connectivity index (χ2v) is 6.98. The van der Waals surface area contributed by atoms with Crippen molar-refractivity contribution in [3.63, 3.8) is 0 Å². The van der Waals surface area contributed by atoms with E-state index in [4.69, 9.17) is 0 Å². The maximum absolute atomic E-state index is 12.7. The molecule has 8 heteroatoms. The van der Waals surface area contributed by atoms with E-state index < -0.39 is 16.2 Å². The van der Waals surface area contributed by atoms with Crippen molar-refractivity contribution >= 4 is 28.2 Å². The minimum absolute atomic E-state index is 0.0615. The van der Waals surface area contributed by atoms with E-state index in [9.17, 15) is 19.7 Å². The summed E-state index contributed by atoms with van der Waals surface area (Å²) < 4.78 is 1.31. The van der Waals surface area contributed by atoms with Crippen LogP contribution in [-0.2, 0) is 7.05 Å². The summed E-state index contributed by atoms with van der Waals surface area (Å²) >= 11 is 0. The van der Waals surface area contributed by atoms with Crippen LogP contribution >= 0.6 is 0 Å². The van der Waals surface area contributed by atoms with Crippen molar-refractivity contribution in [3.05, 3.63) is 80.6 Å². The zero-order chi connectivity index (χ0) is 20.5. The zero-order valence-electron chi connectivity index (χ0n) is 15.9. The van der Waals surface area contributed by atoms with Crippen molar-refractivity contribution in [2.45, 2.75) is 0 Å². The van der Waals surface area contributed by atoms with Gasteiger partial charge in [-0.2, -0.15) is 0 Å². The van der Waals surface area contributed by atoms with Gasteiger partial charge in [0.2, 0.25) is 0 Å². The SMILES string of the molecule is Cn1c(=O)c([N+](=O)[O-])c(N2CCN(C(=O)c3ccccc3)CC2)c2ccccc21. The number of carbonyl (C=O) groups is 1. The Kier molecular flexibility index (Phi) is 4.75. The first kappa shape index (κ1) is 18.7. The van der Waals surface area contributed by atoms with E-state index in [-0.39, 0.29) is 5.91 Å². The van der Waals surface area contributed by atoms with Crippen LogP contribution in [0.25, 0.3) is 10.9 Å². The number of anilines is 1. The lowest BCUT2D eigenvalue weighted by Gasteiger charge is -2.36. The molecule has 0 atom stereocenters. The van der Waals surface area contributed by atoms with Gasteiger partial charge in [0.1, 0.15) is 5.69 Å². The van der Waals surface area contributed by atoms with Gasteiger partial charge in [-0.3, -0.25) is 19.7 Å². The number of nitro groups is 1. The second kappa shape index (κ2) is 7.38. The summed E-state index contributed by atoms with van der Waals surface area (Å²) in [4.78, 5) is 40.1. The molecular formula is C21H20N4O4. The molecule has 0 aliphatic carbocycles. The highest BCUT2D eigenvalue weighted by Crippen LogP contribution is 2.33. The van der Waals surface area contributed by atoms with Crippen LogP contribution in [0.1, 0.15) is 10.4 Å². The van der Waals surface area contributed by atoms with Gasteiger partial charge in [-0.1, -0.05) is 36.4 Å². The third-order valence-electron chi connectivity index (χ3n) is 5.34. The van der Waals surface area contributed by atoms with Gasteiger partial charge in [-0.15, -0.1) is 0 Å². The Morgan fingerprint density at radius 2 is 1.59 bits per heavy atom. The molecule has 0 bridgehead atoms. The number of benzene rings is 2. The summed E-state index contributed by atoms with van der Waals surface area (Å²) in [6.07, 6.45) is 0. The van der Waals surface area contributed by atoms with E-state index in [1.54, 1.807) is 41.3 Å². The molecule has 1 saturated heterocycles. The first-order valence-electron chi connectivity index (χ1n) is 9.34. The van der Waals surface area contributed by atoms with Gasteiger partial charge in [-0.25, -0.2) is 0 Å². The van der Waals surface area contributed by atoms with Crippen molar-refractivity contribution in [2.24, 2.45) is 7.05 Å². The smallest absolute Gasteiger partial charge is 0.357 e. The Labute approximate surface area is 166 Å². The standard InChI is InChI=1S/C21H20N4O4/c1-22-17-10-6-5-9-16(17)18(19(21(22)27)25(28)29)23-11-13-24(14-12-23)20(26)15-7-3-2-4-8-15/h2-10H,11-14H2,1H3. The van der Waals surface area contributed by atoms with Crippen LogP contribution in [0, 0.1) is 10.1 Å². The third kappa shape index (κ3) is 3.22. The van der Waals surface area contributed by atoms with Crippen LogP contribution in [0.15, 0.2) is 59.4 Å². The lowest BCUT2D eigenvalue weighted by atomic mass is 10.1. The van der Waals surface area contributed by atoms with Crippen LogP contribution in [0.2, 0.25) is 0 Å². The zero-order valence-corrected chi connectivity index (χ0v) is 15.9. The number of aromatic nitrogens is 1. The maximum Gasteiger partial charge on any atom is 0.357 e. The lowest BCUT2D eigenvalue weighted by Crippen LogP contribution is -2.49. The number of hydrogen-bond donors (Lipinski definition) is 0. The molecule has 1 amide bonds. The predicted octanol–water partition coefficient (Wildman–Crippen LogP) is 2.41. The summed E-state index contributed by atoms with van der Waals surface area (Å²) in [5.74, 6) is -0.0615. The average molecular weight is 392 g/mol. The molecule has 0 spiro atoms. The molecule has 148 valence electrons. The Balaban J connectivity index is 1.69. The van der Waals surface area contributed by atoms with Gasteiger partial charge >= 0.3 is 11.2 Å². The molecule has 0 N–H and O–H groups in total. The molecule has 0 saturated carbocycles. The van der Waals surface area contributed by atoms with Crippen LogP contribution in [0.3, 0.4) is 0 Å². The summed E-state index contributed by atoms with van der Waals surface area (Å²) in [6.45, 7) is 1.68. The lowest BCUT2D eigenvalue weighted by molar-refractivity contribution is -0.385. The van der Waals surface area contributed by atoms with Crippen molar-refractivity contribution < 1.29 is 9.72 Å². The molecule has 4 rings (SSSR count). The number of amides is 1. The molecule has 3 aromatic rings. The minimum Gasteiger partial charge on any atom is -0.362 e. The second-order valence-electron chi connectivity index (χ2n) is 6.98. The van der Waals surface area contributed by atoms with Crippen LogP contribution in [-0.4, -0.2) is 46.5 Å². The number of fused-ring (bicyclic) bond motifs is 1. The molecule has 8 nitrogen and oxygen atoms in total. The fraction of sp³-hybridized carbons (Fsp3) is 0.238. The molecule has 1 aromatic heterocycles. The minimum atomic E-state index is -0.633. The van der Waals surface area contributed by atoms with Crippen LogP contribution < -0.4 is 10.5 Å². The number of pyridine rings is 1. The van der Waals surface area contributed by atoms with E-state index in [1.807, 2.05) is 23.1 Å². The molecule has 29 heavy (non-hydrogen) atoms. The molecule has 2 heterocycles. The fourth-order valence-electron chi connectivity index (χ4n) is 3.84. The number of nitrogens with zero attached hydrogens (tertiary/aromatic N) is 4. The maximum atomic E-state index is 12.7. The molecule has 0 unspecified atom stereocenters. The van der Waals surface area contributed by atoms with Gasteiger partial charge in [0.05, 0.1) is 10.4 Å². The summed E-state index contributed by atoms with van der Waals surface area (Å²) in [6, 6.07) is 16.2. The Hall–Kier alpha value is -3.68. The highest BCUT2D eigenvalue weighted by Gasteiger charge is 2.31. The van der Waals surface area contributed by atoms with Crippen molar-refractivity contribution in [2.75, 3.05) is 31.1 Å². The molecular weight excluding hydrogens is 372 g/mol. The first-order valence-corrected chi connectivity index (χ1v) is 9.34. The summed E-state index contributed by atoms with van der Waals surface area (Å²) in [7, 11) is 1.54. The number of para-hydroxylation sites is 1.